The van der Waals surface area contributed by atoms with E-state index in [0.29, 0.717) is 17.2 Å². The molecule has 3 aromatic rings. The maximum atomic E-state index is 12.8. The molecular formula is C27H31NO5. The molecule has 1 aromatic heterocycles. The number of hydrogen-bond acceptors (Lipinski definition) is 5. The van der Waals surface area contributed by atoms with Crippen molar-refractivity contribution >= 4 is 11.6 Å². The summed E-state index contributed by atoms with van der Waals surface area (Å²) >= 11 is 0. The van der Waals surface area contributed by atoms with Gasteiger partial charge >= 0.3 is 0 Å². The molecule has 6 nitrogen and oxygen atoms in total. The van der Waals surface area contributed by atoms with E-state index in [1.165, 1.54) is 25.3 Å². The number of ether oxygens (including phenoxy) is 3. The maximum absolute atomic E-state index is 12.8. The number of benzene rings is 2. The summed E-state index contributed by atoms with van der Waals surface area (Å²) in [6.07, 6.45) is 1.08. The Bertz CT molecular complexity index is 1180. The Morgan fingerprint density at radius 3 is 2.12 bits per heavy atom. The SMILES string of the molecule is COc1cccc(OC)c1NC(=O)c1ccc(Oc2cc3c(cc2C)C(C)(C)CC3(C)C)o1. The van der Waals surface area contributed by atoms with Gasteiger partial charge in [-0.05, 0) is 65.1 Å². The van der Waals surface area contributed by atoms with E-state index in [1.54, 1.807) is 30.3 Å². The van der Waals surface area contributed by atoms with Crippen LogP contribution in [0.5, 0.6) is 23.2 Å². The summed E-state index contributed by atoms with van der Waals surface area (Å²) in [5.41, 5.74) is 4.31. The first-order valence-electron chi connectivity index (χ1n) is 11.0. The molecule has 1 amide bonds. The number of carbonyl (C=O) groups is 1. The van der Waals surface area contributed by atoms with Crippen LogP contribution in [0, 0.1) is 6.92 Å². The second-order valence-electron chi connectivity index (χ2n) is 9.82. The molecule has 2 aromatic carbocycles. The van der Waals surface area contributed by atoms with Gasteiger partial charge in [-0.2, -0.15) is 0 Å². The normalized spacial score (nSPS) is 15.6. The van der Waals surface area contributed by atoms with Gasteiger partial charge in [-0.1, -0.05) is 39.8 Å². The number of furan rings is 1. The van der Waals surface area contributed by atoms with E-state index in [0.717, 1.165) is 17.7 Å². The lowest BCUT2D eigenvalue weighted by molar-refractivity contribution is 0.0991. The van der Waals surface area contributed by atoms with Crippen molar-refractivity contribution in [1.29, 1.82) is 0 Å². The second-order valence-corrected chi connectivity index (χ2v) is 9.82. The number of hydrogen-bond donors (Lipinski definition) is 1. The predicted molar refractivity (Wildman–Crippen MR) is 128 cm³/mol. The molecule has 4 rings (SSSR count). The highest BCUT2D eigenvalue weighted by Crippen LogP contribution is 2.51. The van der Waals surface area contributed by atoms with E-state index in [9.17, 15) is 4.79 Å². The third-order valence-corrected chi connectivity index (χ3v) is 6.34. The Morgan fingerprint density at radius 2 is 1.52 bits per heavy atom. The second kappa shape index (κ2) is 8.18. The van der Waals surface area contributed by atoms with E-state index in [2.05, 4.69) is 45.1 Å². The van der Waals surface area contributed by atoms with Gasteiger partial charge in [-0.15, -0.1) is 0 Å². The van der Waals surface area contributed by atoms with Crippen molar-refractivity contribution in [2.45, 2.75) is 51.9 Å². The van der Waals surface area contributed by atoms with Crippen LogP contribution in [0.15, 0.2) is 46.9 Å². The molecule has 1 aliphatic carbocycles. The van der Waals surface area contributed by atoms with Gasteiger partial charge in [-0.3, -0.25) is 4.79 Å². The standard InChI is InChI=1S/C27H31NO5/c1-16-13-17-18(27(4,5)15-26(17,2)3)14-22(16)33-23-12-11-21(32-23)25(29)28-24-19(30-6)9-8-10-20(24)31-7/h8-14H,15H2,1-7H3,(H,28,29). The van der Waals surface area contributed by atoms with E-state index in [1.807, 2.05) is 6.92 Å². The number of methoxy groups -OCH3 is 2. The van der Waals surface area contributed by atoms with E-state index in [-0.39, 0.29) is 22.5 Å². The molecule has 0 saturated carbocycles. The highest BCUT2D eigenvalue weighted by atomic mass is 16.6. The molecule has 174 valence electrons. The van der Waals surface area contributed by atoms with Crippen molar-refractivity contribution in [1.82, 2.24) is 0 Å². The summed E-state index contributed by atoms with van der Waals surface area (Å²) in [5, 5.41) is 2.80. The number of amides is 1. The van der Waals surface area contributed by atoms with Crippen LogP contribution < -0.4 is 19.5 Å². The molecule has 6 heteroatoms. The molecule has 0 bridgehead atoms. The lowest BCUT2D eigenvalue weighted by Gasteiger charge is -2.22. The van der Waals surface area contributed by atoms with Gasteiger partial charge in [0.25, 0.3) is 11.9 Å². The molecule has 0 fully saturated rings. The molecular weight excluding hydrogens is 418 g/mol. The number of nitrogens with one attached hydrogen (secondary N) is 1. The number of anilines is 1. The fourth-order valence-electron chi connectivity index (χ4n) is 4.97. The number of aryl methyl sites for hydroxylation is 1. The van der Waals surface area contributed by atoms with E-state index >= 15 is 0 Å². The van der Waals surface area contributed by atoms with Crippen molar-refractivity contribution in [2.75, 3.05) is 19.5 Å². The average Bonchev–Trinajstić information content (AvgIpc) is 3.29. The smallest absolute Gasteiger partial charge is 0.291 e. The maximum Gasteiger partial charge on any atom is 0.291 e. The first-order chi connectivity index (χ1) is 15.6. The molecule has 1 aliphatic rings. The van der Waals surface area contributed by atoms with E-state index < -0.39 is 5.91 Å². The zero-order valence-electron chi connectivity index (χ0n) is 20.3. The third kappa shape index (κ3) is 4.17. The van der Waals surface area contributed by atoms with Crippen molar-refractivity contribution < 1.29 is 23.4 Å². The Balaban J connectivity index is 1.57. The fraction of sp³-hybridized carbons (Fsp3) is 0.370. The van der Waals surface area contributed by atoms with Crippen LogP contribution >= 0.6 is 0 Å². The number of fused-ring (bicyclic) bond motifs is 1. The van der Waals surface area contributed by atoms with Crippen molar-refractivity contribution in [2.24, 2.45) is 0 Å². The van der Waals surface area contributed by atoms with Crippen LogP contribution in [-0.4, -0.2) is 20.1 Å². The molecule has 0 saturated heterocycles. The Labute approximate surface area is 194 Å². The quantitative estimate of drug-likeness (QED) is 0.459. The van der Waals surface area contributed by atoms with Crippen molar-refractivity contribution in [3.63, 3.8) is 0 Å². The van der Waals surface area contributed by atoms with Crippen LogP contribution in [0.2, 0.25) is 0 Å². The minimum absolute atomic E-state index is 0.0622. The summed E-state index contributed by atoms with van der Waals surface area (Å²) in [7, 11) is 3.06. The molecule has 0 atom stereocenters. The van der Waals surface area contributed by atoms with Gasteiger partial charge < -0.3 is 23.9 Å². The molecule has 0 radical (unpaired) electrons. The van der Waals surface area contributed by atoms with Crippen molar-refractivity contribution in [3.8, 4) is 23.2 Å². The first-order valence-corrected chi connectivity index (χ1v) is 11.0. The minimum atomic E-state index is -0.429. The van der Waals surface area contributed by atoms with Crippen LogP contribution in [0.25, 0.3) is 0 Å². The molecule has 1 heterocycles. The van der Waals surface area contributed by atoms with Gasteiger partial charge in [-0.25, -0.2) is 0 Å². The molecule has 0 unspecified atom stereocenters. The summed E-state index contributed by atoms with van der Waals surface area (Å²) in [6, 6.07) is 12.8. The highest BCUT2D eigenvalue weighted by molar-refractivity contribution is 6.04. The van der Waals surface area contributed by atoms with Gasteiger partial charge in [0.1, 0.15) is 22.9 Å². The van der Waals surface area contributed by atoms with Crippen LogP contribution in [0.3, 0.4) is 0 Å². The average molecular weight is 450 g/mol. The van der Waals surface area contributed by atoms with Crippen LogP contribution in [0.1, 0.15) is 61.4 Å². The molecule has 0 aliphatic heterocycles. The van der Waals surface area contributed by atoms with Crippen LogP contribution in [-0.2, 0) is 10.8 Å². The monoisotopic (exact) mass is 449 g/mol. The zero-order valence-corrected chi connectivity index (χ0v) is 20.3. The van der Waals surface area contributed by atoms with Crippen molar-refractivity contribution in [3.05, 3.63) is 64.9 Å². The summed E-state index contributed by atoms with van der Waals surface area (Å²) < 4.78 is 22.5. The largest absolute Gasteiger partial charge is 0.494 e. The van der Waals surface area contributed by atoms with Gasteiger partial charge in [0, 0.05) is 6.07 Å². The Kier molecular flexibility index (Phi) is 5.64. The zero-order chi connectivity index (χ0) is 24.0. The van der Waals surface area contributed by atoms with E-state index in [4.69, 9.17) is 18.6 Å². The predicted octanol–water partition coefficient (Wildman–Crippen LogP) is 6.61. The number of rotatable bonds is 6. The molecule has 33 heavy (non-hydrogen) atoms. The van der Waals surface area contributed by atoms with Gasteiger partial charge in [0.2, 0.25) is 0 Å². The Morgan fingerprint density at radius 1 is 0.909 bits per heavy atom. The lowest BCUT2D eigenvalue weighted by atomic mass is 9.82. The summed E-state index contributed by atoms with van der Waals surface area (Å²) in [4.78, 5) is 12.8. The molecule has 1 N–H and O–H groups in total. The first kappa shape index (κ1) is 22.8. The summed E-state index contributed by atoms with van der Waals surface area (Å²) in [6.45, 7) is 11.1. The minimum Gasteiger partial charge on any atom is -0.494 e. The van der Waals surface area contributed by atoms with Gasteiger partial charge in [0.15, 0.2) is 5.76 Å². The fourth-order valence-corrected chi connectivity index (χ4v) is 4.97. The number of para-hydroxylation sites is 1. The summed E-state index contributed by atoms with van der Waals surface area (Å²) in [5.74, 6) is 1.66. The highest BCUT2D eigenvalue weighted by Gasteiger charge is 2.42. The van der Waals surface area contributed by atoms with Crippen LogP contribution in [0.4, 0.5) is 5.69 Å². The molecule has 0 spiro atoms. The van der Waals surface area contributed by atoms with Gasteiger partial charge in [0.05, 0.1) is 14.2 Å². The topological polar surface area (TPSA) is 69.9 Å². The third-order valence-electron chi connectivity index (χ3n) is 6.34. The number of carbonyl (C=O) groups excluding carboxylic acids is 1. The lowest BCUT2D eigenvalue weighted by Crippen LogP contribution is -2.17. The Hall–Kier alpha value is -3.41.